The lowest BCUT2D eigenvalue weighted by atomic mass is 10.1. The third-order valence-electron chi connectivity index (χ3n) is 4.98. The van der Waals surface area contributed by atoms with Crippen molar-refractivity contribution in [2.24, 2.45) is 0 Å². The SMILES string of the molecule is CCCCCCCCCOc1ccc(OCC(F)(F)F)cc1/C=C/C(C)=C/C=C/C(C)=C/C(=O)O. The van der Waals surface area contributed by atoms with Crippen LogP contribution in [0.2, 0.25) is 0 Å². The first kappa shape index (κ1) is 30.1. The van der Waals surface area contributed by atoms with Gasteiger partial charge in [0, 0.05) is 11.6 Å². The molecule has 0 amide bonds. The molecule has 1 N–H and O–H groups in total. The predicted octanol–water partition coefficient (Wildman–Crippen LogP) is 8.30. The van der Waals surface area contributed by atoms with Crippen molar-refractivity contribution in [3.63, 3.8) is 0 Å². The Bertz CT molecular complexity index is 896. The van der Waals surface area contributed by atoms with Gasteiger partial charge in [-0.25, -0.2) is 4.79 Å². The Kier molecular flexibility index (Phi) is 14.3. The molecule has 1 aromatic rings. The number of hydrogen-bond donors (Lipinski definition) is 1. The zero-order valence-electron chi connectivity index (χ0n) is 20.9. The zero-order chi connectivity index (χ0) is 26.1. The fourth-order valence-electron chi connectivity index (χ4n) is 3.16. The van der Waals surface area contributed by atoms with Crippen molar-refractivity contribution < 1.29 is 32.5 Å². The topological polar surface area (TPSA) is 55.8 Å². The van der Waals surface area contributed by atoms with Crippen molar-refractivity contribution in [3.05, 3.63) is 65.3 Å². The summed E-state index contributed by atoms with van der Waals surface area (Å²) in [6, 6.07) is 4.64. The van der Waals surface area contributed by atoms with Gasteiger partial charge in [0.15, 0.2) is 6.61 Å². The summed E-state index contributed by atoms with van der Waals surface area (Å²) in [5.74, 6) is -0.319. The molecule has 194 valence electrons. The summed E-state index contributed by atoms with van der Waals surface area (Å²) in [6.45, 7) is 4.91. The van der Waals surface area contributed by atoms with Crippen LogP contribution in [0, 0.1) is 0 Å². The molecule has 0 aliphatic carbocycles. The second-order valence-corrected chi connectivity index (χ2v) is 8.40. The van der Waals surface area contributed by atoms with Crippen LogP contribution in [0.4, 0.5) is 13.2 Å². The Morgan fingerprint density at radius 3 is 2.31 bits per heavy atom. The summed E-state index contributed by atoms with van der Waals surface area (Å²) in [5, 5.41) is 8.75. The van der Waals surface area contributed by atoms with E-state index < -0.39 is 18.8 Å². The molecule has 0 bridgehead atoms. The van der Waals surface area contributed by atoms with Gasteiger partial charge in [0.1, 0.15) is 11.5 Å². The minimum Gasteiger partial charge on any atom is -0.493 e. The molecule has 35 heavy (non-hydrogen) atoms. The van der Waals surface area contributed by atoms with Crippen molar-refractivity contribution in [2.45, 2.75) is 71.9 Å². The van der Waals surface area contributed by atoms with Crippen LogP contribution in [0.1, 0.15) is 71.3 Å². The Morgan fingerprint density at radius 2 is 1.66 bits per heavy atom. The van der Waals surface area contributed by atoms with Gasteiger partial charge in [0.2, 0.25) is 0 Å². The number of benzene rings is 1. The number of aliphatic carboxylic acids is 1. The van der Waals surface area contributed by atoms with E-state index >= 15 is 0 Å². The van der Waals surface area contributed by atoms with E-state index in [0.29, 0.717) is 23.5 Å². The number of carboxylic acids is 1. The van der Waals surface area contributed by atoms with Crippen LogP contribution in [0.15, 0.2) is 59.7 Å². The summed E-state index contributed by atoms with van der Waals surface area (Å²) in [7, 11) is 0. The maximum atomic E-state index is 12.5. The third-order valence-corrected chi connectivity index (χ3v) is 4.98. The zero-order valence-corrected chi connectivity index (χ0v) is 20.9. The molecule has 0 unspecified atom stereocenters. The maximum absolute atomic E-state index is 12.5. The van der Waals surface area contributed by atoms with Gasteiger partial charge < -0.3 is 14.6 Å². The van der Waals surface area contributed by atoms with Crippen LogP contribution >= 0.6 is 0 Å². The van der Waals surface area contributed by atoms with Gasteiger partial charge >= 0.3 is 12.1 Å². The molecule has 0 heterocycles. The first-order chi connectivity index (χ1) is 16.6. The van der Waals surface area contributed by atoms with E-state index in [1.54, 1.807) is 37.3 Å². The average Bonchev–Trinajstić information content (AvgIpc) is 2.77. The monoisotopic (exact) mass is 494 g/mol. The van der Waals surface area contributed by atoms with Gasteiger partial charge in [-0.2, -0.15) is 13.2 Å². The van der Waals surface area contributed by atoms with Crippen LogP contribution in [0.5, 0.6) is 11.5 Å². The van der Waals surface area contributed by atoms with E-state index in [1.165, 1.54) is 44.2 Å². The molecule has 1 aromatic carbocycles. The summed E-state index contributed by atoms with van der Waals surface area (Å²) >= 11 is 0. The number of carboxylic acid groups (broad SMARTS) is 1. The van der Waals surface area contributed by atoms with Gasteiger partial charge in [-0.05, 0) is 44.0 Å². The molecule has 0 saturated heterocycles. The van der Waals surface area contributed by atoms with Crippen molar-refractivity contribution >= 4 is 12.0 Å². The summed E-state index contributed by atoms with van der Waals surface area (Å²) in [4.78, 5) is 10.7. The Labute approximate surface area is 206 Å². The normalized spacial score (nSPS) is 13.1. The molecule has 0 saturated carbocycles. The molecule has 1 rings (SSSR count). The Balaban J connectivity index is 2.85. The predicted molar refractivity (Wildman–Crippen MR) is 135 cm³/mol. The van der Waals surface area contributed by atoms with Crippen LogP contribution in [0.3, 0.4) is 0 Å². The number of hydrogen-bond acceptors (Lipinski definition) is 3. The summed E-state index contributed by atoms with van der Waals surface area (Å²) in [5.41, 5.74) is 2.08. The second-order valence-electron chi connectivity index (χ2n) is 8.40. The summed E-state index contributed by atoms with van der Waals surface area (Å²) in [6.07, 6.45) is 13.6. The van der Waals surface area contributed by atoms with Gasteiger partial charge in [-0.1, -0.05) is 81.4 Å². The van der Waals surface area contributed by atoms with E-state index in [4.69, 9.17) is 14.6 Å². The molecule has 0 atom stereocenters. The van der Waals surface area contributed by atoms with Crippen molar-refractivity contribution in [1.82, 2.24) is 0 Å². The number of alkyl halides is 3. The van der Waals surface area contributed by atoms with Crippen molar-refractivity contribution in [3.8, 4) is 11.5 Å². The molecule has 0 aliphatic rings. The molecule has 7 heteroatoms. The number of halogens is 3. The fraction of sp³-hybridized carbons (Fsp3) is 0.464. The van der Waals surface area contributed by atoms with E-state index in [0.717, 1.165) is 24.5 Å². The fourth-order valence-corrected chi connectivity index (χ4v) is 3.16. The van der Waals surface area contributed by atoms with E-state index in [1.807, 2.05) is 13.0 Å². The third kappa shape index (κ3) is 15.5. The smallest absolute Gasteiger partial charge is 0.422 e. The van der Waals surface area contributed by atoms with Crippen molar-refractivity contribution in [2.75, 3.05) is 13.2 Å². The van der Waals surface area contributed by atoms with E-state index in [2.05, 4.69) is 6.92 Å². The number of allylic oxidation sites excluding steroid dienone is 6. The summed E-state index contributed by atoms with van der Waals surface area (Å²) < 4.78 is 48.4. The first-order valence-corrected chi connectivity index (χ1v) is 12.0. The highest BCUT2D eigenvalue weighted by atomic mass is 19.4. The quantitative estimate of drug-likeness (QED) is 0.143. The Morgan fingerprint density at radius 1 is 0.971 bits per heavy atom. The molecule has 0 radical (unpaired) electrons. The lowest BCUT2D eigenvalue weighted by molar-refractivity contribution is -0.153. The van der Waals surface area contributed by atoms with E-state index in [-0.39, 0.29) is 5.75 Å². The van der Waals surface area contributed by atoms with Crippen LogP contribution in [0.25, 0.3) is 6.08 Å². The lowest BCUT2D eigenvalue weighted by Crippen LogP contribution is -2.19. The minimum absolute atomic E-state index is 0.112. The highest BCUT2D eigenvalue weighted by Gasteiger charge is 2.28. The number of ether oxygens (including phenoxy) is 2. The highest BCUT2D eigenvalue weighted by Crippen LogP contribution is 2.28. The number of rotatable bonds is 16. The minimum atomic E-state index is -4.42. The van der Waals surface area contributed by atoms with Crippen LogP contribution in [-0.2, 0) is 4.79 Å². The number of unbranched alkanes of at least 4 members (excludes halogenated alkanes) is 6. The molecule has 0 aliphatic heterocycles. The first-order valence-electron chi connectivity index (χ1n) is 12.0. The van der Waals surface area contributed by atoms with E-state index in [9.17, 15) is 18.0 Å². The van der Waals surface area contributed by atoms with Crippen LogP contribution in [-0.4, -0.2) is 30.5 Å². The van der Waals surface area contributed by atoms with Crippen molar-refractivity contribution in [1.29, 1.82) is 0 Å². The molecule has 4 nitrogen and oxygen atoms in total. The lowest BCUT2D eigenvalue weighted by Gasteiger charge is -2.13. The van der Waals surface area contributed by atoms with Gasteiger partial charge in [-0.15, -0.1) is 0 Å². The standard InChI is InChI=1S/C28H37F3O4/c1-4-5-6-7-8-9-10-18-34-26-17-16-25(35-21-28(29,30)31)20-24(26)15-14-22(2)12-11-13-23(3)19-27(32)33/h11-17,19-20H,4-10,18,21H2,1-3H3,(H,32,33)/b13-11+,15-14+,22-12+,23-19+. The second kappa shape index (κ2) is 16.6. The number of carbonyl (C=O) groups is 1. The van der Waals surface area contributed by atoms with Gasteiger partial charge in [0.05, 0.1) is 6.61 Å². The van der Waals surface area contributed by atoms with Crippen LogP contribution < -0.4 is 9.47 Å². The molecule has 0 spiro atoms. The highest BCUT2D eigenvalue weighted by molar-refractivity contribution is 5.81. The van der Waals surface area contributed by atoms with Gasteiger partial charge in [0.25, 0.3) is 0 Å². The Hall–Kier alpha value is -2.96. The molecular weight excluding hydrogens is 457 g/mol. The molecular formula is C28H37F3O4. The molecule has 0 aromatic heterocycles. The average molecular weight is 495 g/mol. The maximum Gasteiger partial charge on any atom is 0.422 e. The molecule has 0 fully saturated rings. The largest absolute Gasteiger partial charge is 0.493 e. The van der Waals surface area contributed by atoms with Gasteiger partial charge in [-0.3, -0.25) is 0 Å².